The second kappa shape index (κ2) is 7.31. The number of carbonyl (C=O) groups excluding carboxylic acids is 1. The Morgan fingerprint density at radius 3 is 2.57 bits per heavy atom. The van der Waals surface area contributed by atoms with Crippen LogP contribution in [-0.4, -0.2) is 48.9 Å². The van der Waals surface area contributed by atoms with Crippen LogP contribution in [0.1, 0.15) is 29.8 Å². The molecule has 0 unspecified atom stereocenters. The Balaban J connectivity index is 1.99. The number of amides is 1. The Kier molecular flexibility index (Phi) is 5.64. The minimum atomic E-state index is -4.35. The predicted molar refractivity (Wildman–Crippen MR) is 78.1 cm³/mol. The number of morpholine rings is 1. The third-order valence-electron chi connectivity index (χ3n) is 3.42. The minimum absolute atomic E-state index is 0.0407. The fourth-order valence-electron chi connectivity index (χ4n) is 2.61. The summed E-state index contributed by atoms with van der Waals surface area (Å²) in [5, 5.41) is 0. The van der Waals surface area contributed by atoms with Crippen molar-refractivity contribution >= 4 is 5.91 Å². The van der Waals surface area contributed by atoms with E-state index in [1.165, 1.54) is 0 Å². The number of nitrogens with zero attached hydrogens (tertiary/aromatic N) is 1. The first-order valence-corrected chi connectivity index (χ1v) is 7.43. The highest BCUT2D eigenvalue weighted by Crippen LogP contribution is 2.18. The molecular weight excluding hydrogens is 311 g/mol. The van der Waals surface area contributed by atoms with E-state index in [1.54, 1.807) is 29.2 Å². The topological polar surface area (TPSA) is 38.8 Å². The molecule has 1 aromatic carbocycles. The second-order valence-electron chi connectivity index (χ2n) is 5.78. The molecule has 23 heavy (non-hydrogen) atoms. The summed E-state index contributed by atoms with van der Waals surface area (Å²) in [6.07, 6.45) is -4.44. The molecule has 1 aliphatic rings. The molecule has 0 N–H and O–H groups in total. The molecule has 2 atom stereocenters. The molecule has 7 heteroatoms. The molecule has 0 spiro atoms. The molecule has 0 bridgehead atoms. The molecule has 1 fully saturated rings. The van der Waals surface area contributed by atoms with Crippen LogP contribution < -0.4 is 0 Å². The van der Waals surface area contributed by atoms with E-state index >= 15 is 0 Å². The van der Waals surface area contributed by atoms with Crippen LogP contribution in [-0.2, 0) is 16.1 Å². The Bertz CT molecular complexity index is 538. The molecule has 2 rings (SSSR count). The predicted octanol–water partition coefficient (Wildman–Crippen LogP) is 3.01. The maximum Gasteiger partial charge on any atom is 0.411 e. The smallest absolute Gasteiger partial charge is 0.372 e. The summed E-state index contributed by atoms with van der Waals surface area (Å²) in [5.41, 5.74) is 0.980. The number of halogens is 3. The lowest BCUT2D eigenvalue weighted by Crippen LogP contribution is -2.48. The van der Waals surface area contributed by atoms with Gasteiger partial charge in [0.2, 0.25) is 0 Å². The van der Waals surface area contributed by atoms with Gasteiger partial charge in [-0.3, -0.25) is 4.79 Å². The highest BCUT2D eigenvalue weighted by atomic mass is 19.4. The average Bonchev–Trinajstić information content (AvgIpc) is 2.44. The summed E-state index contributed by atoms with van der Waals surface area (Å²) < 4.78 is 46.5. The highest BCUT2D eigenvalue weighted by molar-refractivity contribution is 5.94. The van der Waals surface area contributed by atoms with E-state index in [0.717, 1.165) is 0 Å². The van der Waals surface area contributed by atoms with Gasteiger partial charge in [-0.1, -0.05) is 12.1 Å². The zero-order chi connectivity index (χ0) is 17.0. The van der Waals surface area contributed by atoms with Gasteiger partial charge in [0.05, 0.1) is 18.8 Å². The van der Waals surface area contributed by atoms with Crippen molar-refractivity contribution in [2.75, 3.05) is 19.7 Å². The Morgan fingerprint density at radius 1 is 1.30 bits per heavy atom. The summed E-state index contributed by atoms with van der Waals surface area (Å²) in [7, 11) is 0. The van der Waals surface area contributed by atoms with Crippen LogP contribution in [0.5, 0.6) is 0 Å². The van der Waals surface area contributed by atoms with E-state index < -0.39 is 12.8 Å². The lowest BCUT2D eigenvalue weighted by Gasteiger charge is -2.35. The average molecular weight is 331 g/mol. The Morgan fingerprint density at radius 2 is 1.96 bits per heavy atom. The summed E-state index contributed by atoms with van der Waals surface area (Å²) in [6.45, 7) is 3.31. The normalized spacial score (nSPS) is 22.2. The number of hydrogen-bond acceptors (Lipinski definition) is 3. The van der Waals surface area contributed by atoms with Gasteiger partial charge in [0.15, 0.2) is 0 Å². The van der Waals surface area contributed by atoms with Crippen LogP contribution in [0.25, 0.3) is 0 Å². The fraction of sp³-hybridized carbons (Fsp3) is 0.562. The lowest BCUT2D eigenvalue weighted by atomic mass is 10.1. The van der Waals surface area contributed by atoms with Gasteiger partial charge in [0.25, 0.3) is 5.91 Å². The number of hydrogen-bond donors (Lipinski definition) is 0. The van der Waals surface area contributed by atoms with E-state index in [0.29, 0.717) is 24.2 Å². The van der Waals surface area contributed by atoms with Gasteiger partial charge in [0, 0.05) is 18.7 Å². The largest absolute Gasteiger partial charge is 0.411 e. The van der Waals surface area contributed by atoms with Crippen LogP contribution in [0.4, 0.5) is 13.2 Å². The van der Waals surface area contributed by atoms with Crippen molar-refractivity contribution in [3.63, 3.8) is 0 Å². The van der Waals surface area contributed by atoms with Crippen LogP contribution in [0.2, 0.25) is 0 Å². The number of carbonyl (C=O) groups is 1. The number of ether oxygens (including phenoxy) is 2. The van der Waals surface area contributed by atoms with E-state index in [9.17, 15) is 18.0 Å². The second-order valence-corrected chi connectivity index (χ2v) is 5.78. The lowest BCUT2D eigenvalue weighted by molar-refractivity contribution is -0.176. The number of rotatable bonds is 4. The van der Waals surface area contributed by atoms with Gasteiger partial charge in [-0.15, -0.1) is 0 Å². The SMILES string of the molecule is C[C@@H]1CN(C(=O)c2cccc(COCC(F)(F)F)c2)C[C@H](C)O1. The van der Waals surface area contributed by atoms with Crippen LogP contribution in [0.3, 0.4) is 0 Å². The first-order chi connectivity index (χ1) is 10.7. The van der Waals surface area contributed by atoms with E-state index in [2.05, 4.69) is 4.74 Å². The van der Waals surface area contributed by atoms with E-state index in [1.807, 2.05) is 13.8 Å². The zero-order valence-electron chi connectivity index (χ0n) is 13.1. The van der Waals surface area contributed by atoms with Crippen molar-refractivity contribution in [1.82, 2.24) is 4.90 Å². The first kappa shape index (κ1) is 17.7. The Hall–Kier alpha value is -1.60. The summed E-state index contributed by atoms with van der Waals surface area (Å²) in [5.74, 6) is -0.148. The zero-order valence-corrected chi connectivity index (χ0v) is 13.1. The molecule has 1 aliphatic heterocycles. The van der Waals surface area contributed by atoms with Crippen molar-refractivity contribution < 1.29 is 27.4 Å². The van der Waals surface area contributed by atoms with Crippen molar-refractivity contribution in [3.8, 4) is 0 Å². The molecule has 4 nitrogen and oxygen atoms in total. The van der Waals surface area contributed by atoms with E-state index in [4.69, 9.17) is 4.74 Å². The maximum absolute atomic E-state index is 12.5. The fourth-order valence-corrected chi connectivity index (χ4v) is 2.61. The maximum atomic E-state index is 12.5. The molecule has 1 amide bonds. The first-order valence-electron chi connectivity index (χ1n) is 7.43. The van der Waals surface area contributed by atoms with Crippen molar-refractivity contribution in [3.05, 3.63) is 35.4 Å². The number of alkyl halides is 3. The van der Waals surface area contributed by atoms with Crippen LogP contribution in [0, 0.1) is 0 Å². The van der Waals surface area contributed by atoms with Gasteiger partial charge in [-0.25, -0.2) is 0 Å². The van der Waals surface area contributed by atoms with Crippen molar-refractivity contribution in [2.45, 2.75) is 38.8 Å². The molecule has 1 saturated heterocycles. The molecule has 1 aromatic rings. The molecule has 0 radical (unpaired) electrons. The molecule has 1 heterocycles. The van der Waals surface area contributed by atoms with Gasteiger partial charge in [-0.2, -0.15) is 13.2 Å². The van der Waals surface area contributed by atoms with Crippen molar-refractivity contribution in [1.29, 1.82) is 0 Å². The summed E-state index contributed by atoms with van der Waals surface area (Å²) >= 11 is 0. The van der Waals surface area contributed by atoms with Gasteiger partial charge in [0.1, 0.15) is 6.61 Å². The third-order valence-corrected chi connectivity index (χ3v) is 3.42. The molecule has 0 aromatic heterocycles. The minimum Gasteiger partial charge on any atom is -0.372 e. The summed E-state index contributed by atoms with van der Waals surface area (Å²) in [6, 6.07) is 6.51. The van der Waals surface area contributed by atoms with Gasteiger partial charge >= 0.3 is 6.18 Å². The monoisotopic (exact) mass is 331 g/mol. The quantitative estimate of drug-likeness (QED) is 0.851. The van der Waals surface area contributed by atoms with Crippen LogP contribution >= 0.6 is 0 Å². The standard InChI is InChI=1S/C16H20F3NO3/c1-11-7-20(8-12(2)23-11)15(21)14-5-3-4-13(6-14)9-22-10-16(17,18)19/h3-6,11-12H,7-10H2,1-2H3/t11-,12+. The molecule has 128 valence electrons. The molecular formula is C16H20F3NO3. The Labute approximate surface area is 133 Å². The van der Waals surface area contributed by atoms with Gasteiger partial charge < -0.3 is 14.4 Å². The van der Waals surface area contributed by atoms with Gasteiger partial charge in [-0.05, 0) is 31.5 Å². The highest BCUT2D eigenvalue weighted by Gasteiger charge is 2.28. The molecule has 0 saturated carbocycles. The third kappa shape index (κ3) is 5.51. The van der Waals surface area contributed by atoms with Crippen molar-refractivity contribution in [2.24, 2.45) is 0 Å². The molecule has 0 aliphatic carbocycles. The van der Waals surface area contributed by atoms with E-state index in [-0.39, 0.29) is 24.7 Å². The van der Waals surface area contributed by atoms with Crippen LogP contribution in [0.15, 0.2) is 24.3 Å². The number of benzene rings is 1. The summed E-state index contributed by atoms with van der Waals surface area (Å²) in [4.78, 5) is 14.2.